The molecule has 0 saturated carbocycles. The number of nitrogens with zero attached hydrogens (tertiary/aromatic N) is 4. The third-order valence-corrected chi connectivity index (χ3v) is 2.84. The number of rotatable bonds is 4. The van der Waals surface area contributed by atoms with Crippen LogP contribution >= 0.6 is 0 Å². The van der Waals surface area contributed by atoms with Crippen LogP contribution in [0.2, 0.25) is 0 Å². The number of hydrogen-bond acceptors (Lipinski definition) is 5. The maximum Gasteiger partial charge on any atom is 0.335 e. The van der Waals surface area contributed by atoms with Gasteiger partial charge in [0, 0.05) is 5.69 Å². The fraction of sp³-hybridized carbons (Fsp3) is 0. The maximum absolute atomic E-state index is 11.0. The highest BCUT2D eigenvalue weighted by Crippen LogP contribution is 2.18. The van der Waals surface area contributed by atoms with Crippen molar-refractivity contribution < 1.29 is 9.90 Å². The summed E-state index contributed by atoms with van der Waals surface area (Å²) in [5, 5.41) is 23.5. The Balaban J connectivity index is 1.92. The summed E-state index contributed by atoms with van der Waals surface area (Å²) in [6, 6.07) is 15.8. The SMILES string of the molecule is O=C(O)c1cccc(Nc2nnnn2-c2ccccc2)c1. The van der Waals surface area contributed by atoms with Gasteiger partial charge in [-0.2, -0.15) is 4.68 Å². The van der Waals surface area contributed by atoms with Crippen LogP contribution in [0.15, 0.2) is 54.6 Å². The molecule has 0 aliphatic rings. The van der Waals surface area contributed by atoms with Gasteiger partial charge >= 0.3 is 5.97 Å². The van der Waals surface area contributed by atoms with Crippen LogP contribution in [0.1, 0.15) is 10.4 Å². The average molecular weight is 281 g/mol. The smallest absolute Gasteiger partial charge is 0.335 e. The first kappa shape index (κ1) is 12.8. The number of tetrazole rings is 1. The Hall–Kier alpha value is -3.22. The third kappa shape index (κ3) is 2.71. The van der Waals surface area contributed by atoms with Gasteiger partial charge in [0.2, 0.25) is 0 Å². The van der Waals surface area contributed by atoms with Gasteiger partial charge in [-0.25, -0.2) is 4.79 Å². The third-order valence-electron chi connectivity index (χ3n) is 2.84. The van der Waals surface area contributed by atoms with E-state index >= 15 is 0 Å². The molecule has 3 aromatic rings. The van der Waals surface area contributed by atoms with E-state index < -0.39 is 5.97 Å². The second-order valence-electron chi connectivity index (χ2n) is 4.26. The molecule has 0 unspecified atom stereocenters. The van der Waals surface area contributed by atoms with Crippen molar-refractivity contribution in [2.24, 2.45) is 0 Å². The van der Waals surface area contributed by atoms with E-state index in [1.54, 1.807) is 12.1 Å². The summed E-state index contributed by atoms with van der Waals surface area (Å²) in [4.78, 5) is 11.0. The molecule has 0 atom stereocenters. The van der Waals surface area contributed by atoms with Crippen molar-refractivity contribution in [3.63, 3.8) is 0 Å². The molecule has 0 radical (unpaired) electrons. The van der Waals surface area contributed by atoms with Gasteiger partial charge in [-0.3, -0.25) is 0 Å². The maximum atomic E-state index is 11.0. The van der Waals surface area contributed by atoms with E-state index in [1.807, 2.05) is 30.3 Å². The van der Waals surface area contributed by atoms with E-state index in [1.165, 1.54) is 16.8 Å². The van der Waals surface area contributed by atoms with E-state index in [0.29, 0.717) is 11.6 Å². The van der Waals surface area contributed by atoms with E-state index in [-0.39, 0.29) is 5.56 Å². The Morgan fingerprint density at radius 1 is 1.10 bits per heavy atom. The van der Waals surface area contributed by atoms with Crippen molar-refractivity contribution in [2.45, 2.75) is 0 Å². The number of aromatic carboxylic acids is 1. The lowest BCUT2D eigenvalue weighted by molar-refractivity contribution is 0.0697. The first-order valence-corrected chi connectivity index (χ1v) is 6.18. The molecule has 3 rings (SSSR count). The van der Waals surface area contributed by atoms with Gasteiger partial charge in [-0.1, -0.05) is 29.4 Å². The summed E-state index contributed by atoms with van der Waals surface area (Å²) in [6.07, 6.45) is 0. The van der Waals surface area contributed by atoms with E-state index in [2.05, 4.69) is 20.8 Å². The molecule has 0 saturated heterocycles. The van der Waals surface area contributed by atoms with Gasteiger partial charge in [-0.05, 0) is 40.8 Å². The molecule has 2 N–H and O–H groups in total. The summed E-state index contributed by atoms with van der Waals surface area (Å²) in [7, 11) is 0. The predicted octanol–water partition coefficient (Wildman–Crippen LogP) is 2.10. The highest BCUT2D eigenvalue weighted by molar-refractivity contribution is 5.89. The van der Waals surface area contributed by atoms with Crippen molar-refractivity contribution in [1.82, 2.24) is 20.2 Å². The van der Waals surface area contributed by atoms with E-state index in [9.17, 15) is 4.79 Å². The lowest BCUT2D eigenvalue weighted by atomic mass is 10.2. The number of hydrogen-bond donors (Lipinski definition) is 2. The number of aromatic nitrogens is 4. The molecule has 0 fully saturated rings. The molecular formula is C14H11N5O2. The number of para-hydroxylation sites is 1. The highest BCUT2D eigenvalue weighted by Gasteiger charge is 2.09. The fourth-order valence-electron chi connectivity index (χ4n) is 1.87. The highest BCUT2D eigenvalue weighted by atomic mass is 16.4. The molecular weight excluding hydrogens is 270 g/mol. The summed E-state index contributed by atoms with van der Waals surface area (Å²) in [5.41, 5.74) is 1.60. The normalized spacial score (nSPS) is 10.3. The zero-order valence-corrected chi connectivity index (χ0v) is 10.8. The van der Waals surface area contributed by atoms with Crippen LogP contribution in [0.4, 0.5) is 11.6 Å². The van der Waals surface area contributed by atoms with Crippen LogP contribution in [0, 0.1) is 0 Å². The van der Waals surface area contributed by atoms with Crippen molar-refractivity contribution >= 4 is 17.6 Å². The molecule has 7 nitrogen and oxygen atoms in total. The molecule has 0 spiro atoms. The zero-order chi connectivity index (χ0) is 14.7. The number of nitrogens with one attached hydrogen (secondary N) is 1. The van der Waals surface area contributed by atoms with Crippen molar-refractivity contribution in [3.8, 4) is 5.69 Å². The topological polar surface area (TPSA) is 92.9 Å². The summed E-state index contributed by atoms with van der Waals surface area (Å²) >= 11 is 0. The molecule has 0 bridgehead atoms. The van der Waals surface area contributed by atoms with Gasteiger partial charge in [0.25, 0.3) is 5.95 Å². The second kappa shape index (κ2) is 5.41. The Morgan fingerprint density at radius 2 is 1.90 bits per heavy atom. The number of carbonyl (C=O) groups is 1. The largest absolute Gasteiger partial charge is 0.478 e. The van der Waals surface area contributed by atoms with Gasteiger partial charge < -0.3 is 10.4 Å². The number of benzene rings is 2. The van der Waals surface area contributed by atoms with Crippen LogP contribution in [-0.4, -0.2) is 31.3 Å². The van der Waals surface area contributed by atoms with Crippen molar-refractivity contribution in [1.29, 1.82) is 0 Å². The van der Waals surface area contributed by atoms with Gasteiger partial charge in [-0.15, -0.1) is 0 Å². The lowest BCUT2D eigenvalue weighted by Gasteiger charge is -2.07. The molecule has 0 aliphatic carbocycles. The molecule has 104 valence electrons. The Kier molecular flexibility index (Phi) is 3.30. The molecule has 7 heteroatoms. The first-order chi connectivity index (χ1) is 10.2. The molecule has 1 heterocycles. The zero-order valence-electron chi connectivity index (χ0n) is 10.8. The van der Waals surface area contributed by atoms with E-state index in [4.69, 9.17) is 5.11 Å². The van der Waals surface area contributed by atoms with Crippen LogP contribution in [-0.2, 0) is 0 Å². The van der Waals surface area contributed by atoms with Crippen LogP contribution in [0.5, 0.6) is 0 Å². The minimum Gasteiger partial charge on any atom is -0.478 e. The summed E-state index contributed by atoms with van der Waals surface area (Å²) in [6.45, 7) is 0. The minimum absolute atomic E-state index is 0.193. The Labute approximate surface area is 119 Å². The second-order valence-corrected chi connectivity index (χ2v) is 4.26. The van der Waals surface area contributed by atoms with Gasteiger partial charge in [0.1, 0.15) is 0 Å². The number of carboxylic acid groups (broad SMARTS) is 1. The summed E-state index contributed by atoms with van der Waals surface area (Å²) in [5.74, 6) is -0.579. The Morgan fingerprint density at radius 3 is 2.67 bits per heavy atom. The van der Waals surface area contributed by atoms with E-state index in [0.717, 1.165) is 5.69 Å². The summed E-state index contributed by atoms with van der Waals surface area (Å²) < 4.78 is 1.54. The first-order valence-electron chi connectivity index (χ1n) is 6.18. The average Bonchev–Trinajstić information content (AvgIpc) is 2.96. The molecule has 0 aliphatic heterocycles. The molecule has 21 heavy (non-hydrogen) atoms. The molecule has 0 amide bonds. The van der Waals surface area contributed by atoms with Crippen molar-refractivity contribution in [3.05, 3.63) is 60.2 Å². The number of anilines is 2. The van der Waals surface area contributed by atoms with Crippen LogP contribution in [0.25, 0.3) is 5.69 Å². The van der Waals surface area contributed by atoms with Crippen molar-refractivity contribution in [2.75, 3.05) is 5.32 Å². The van der Waals surface area contributed by atoms with Crippen LogP contribution < -0.4 is 5.32 Å². The Bertz CT molecular complexity index is 770. The quantitative estimate of drug-likeness (QED) is 0.760. The number of carboxylic acids is 1. The van der Waals surface area contributed by atoms with Gasteiger partial charge in [0.15, 0.2) is 0 Å². The van der Waals surface area contributed by atoms with Gasteiger partial charge in [0.05, 0.1) is 11.3 Å². The van der Waals surface area contributed by atoms with Crippen LogP contribution in [0.3, 0.4) is 0 Å². The minimum atomic E-state index is -0.985. The predicted molar refractivity (Wildman–Crippen MR) is 75.8 cm³/mol. The standard InChI is InChI=1S/C14H11N5O2/c20-13(21)10-5-4-6-11(9-10)15-14-16-17-18-19(14)12-7-2-1-3-8-12/h1-9H,(H,20,21)(H,15,16,18). The molecule has 1 aromatic heterocycles. The fourth-order valence-corrected chi connectivity index (χ4v) is 1.87. The molecule has 2 aromatic carbocycles. The monoisotopic (exact) mass is 281 g/mol. The lowest BCUT2D eigenvalue weighted by Crippen LogP contribution is -2.04.